The van der Waals surface area contributed by atoms with E-state index in [4.69, 9.17) is 0 Å². The van der Waals surface area contributed by atoms with Gasteiger partial charge < -0.3 is 5.11 Å². The van der Waals surface area contributed by atoms with E-state index in [1.807, 2.05) is 30.3 Å². The maximum absolute atomic E-state index is 9.47. The fourth-order valence-corrected chi connectivity index (χ4v) is 3.21. The Kier molecular flexibility index (Phi) is 3.49. The molecule has 0 bridgehead atoms. The third-order valence-corrected chi connectivity index (χ3v) is 4.42. The molecule has 1 N–H and O–H groups in total. The number of hydrogen-bond acceptors (Lipinski definition) is 2. The third-order valence-electron chi connectivity index (χ3n) is 4.42. The van der Waals surface area contributed by atoms with Gasteiger partial charge in [0.25, 0.3) is 0 Å². The molecule has 0 fully saturated rings. The van der Waals surface area contributed by atoms with Crippen LogP contribution in [0.1, 0.15) is 11.1 Å². The molecule has 0 aromatic heterocycles. The highest BCUT2D eigenvalue weighted by molar-refractivity contribution is 6.05. The van der Waals surface area contributed by atoms with E-state index in [2.05, 4.69) is 36.4 Å². The minimum atomic E-state index is -0.0353. The molecule has 2 heteroatoms. The monoisotopic (exact) mass is 309 g/mol. The molecular weight excluding hydrogens is 294 g/mol. The molecule has 0 amide bonds. The van der Waals surface area contributed by atoms with Gasteiger partial charge in [-0.2, -0.15) is 5.26 Å². The molecule has 0 atom stereocenters. The second-order valence-electron chi connectivity index (χ2n) is 5.88. The maximum atomic E-state index is 9.47. The number of benzene rings is 4. The van der Waals surface area contributed by atoms with Crippen molar-refractivity contribution in [2.24, 2.45) is 0 Å². The zero-order valence-electron chi connectivity index (χ0n) is 13.0. The van der Waals surface area contributed by atoms with Crippen molar-refractivity contribution < 1.29 is 5.11 Å². The summed E-state index contributed by atoms with van der Waals surface area (Å²) in [7, 11) is 0. The molecule has 0 aliphatic carbocycles. The molecule has 0 aliphatic rings. The van der Waals surface area contributed by atoms with Crippen LogP contribution in [0.25, 0.3) is 32.7 Å². The Hall–Kier alpha value is -3.15. The largest absolute Gasteiger partial charge is 0.392 e. The first kappa shape index (κ1) is 14.4. The number of fused-ring (bicyclic) bond motifs is 2. The molecule has 0 aliphatic heterocycles. The Balaban J connectivity index is 2.07. The van der Waals surface area contributed by atoms with Gasteiger partial charge in [0.1, 0.15) is 0 Å². The molecular formula is C22H15NO. The Bertz CT molecular complexity index is 1110. The first-order valence-electron chi connectivity index (χ1n) is 7.86. The molecule has 0 saturated carbocycles. The van der Waals surface area contributed by atoms with Crippen LogP contribution in [0, 0.1) is 11.3 Å². The summed E-state index contributed by atoms with van der Waals surface area (Å²) in [6.07, 6.45) is 0. The van der Waals surface area contributed by atoms with Crippen molar-refractivity contribution in [1.82, 2.24) is 0 Å². The molecule has 0 saturated heterocycles. The fourth-order valence-electron chi connectivity index (χ4n) is 3.21. The predicted octanol–water partition coefficient (Wildman–Crippen LogP) is 5.02. The molecule has 114 valence electrons. The lowest BCUT2D eigenvalue weighted by atomic mass is 9.92. The summed E-state index contributed by atoms with van der Waals surface area (Å²) in [6.45, 7) is -0.0353. The van der Waals surface area contributed by atoms with Crippen molar-refractivity contribution in [2.75, 3.05) is 0 Å². The van der Waals surface area contributed by atoms with Crippen molar-refractivity contribution in [2.45, 2.75) is 6.61 Å². The minimum Gasteiger partial charge on any atom is -0.392 e. The molecule has 24 heavy (non-hydrogen) atoms. The van der Waals surface area contributed by atoms with E-state index in [0.717, 1.165) is 27.5 Å². The third kappa shape index (κ3) is 2.32. The van der Waals surface area contributed by atoms with E-state index < -0.39 is 0 Å². The van der Waals surface area contributed by atoms with Gasteiger partial charge in [-0.15, -0.1) is 0 Å². The van der Waals surface area contributed by atoms with Crippen LogP contribution in [0.5, 0.6) is 0 Å². The number of hydrogen-bond donors (Lipinski definition) is 1. The zero-order chi connectivity index (χ0) is 16.5. The van der Waals surface area contributed by atoms with Gasteiger partial charge in [-0.05, 0) is 56.9 Å². The van der Waals surface area contributed by atoms with Crippen LogP contribution in [0.15, 0.2) is 72.8 Å². The summed E-state index contributed by atoms with van der Waals surface area (Å²) >= 11 is 0. The number of nitriles is 1. The highest BCUT2D eigenvalue weighted by Gasteiger charge is 2.10. The molecule has 0 spiro atoms. The van der Waals surface area contributed by atoms with E-state index >= 15 is 0 Å². The van der Waals surface area contributed by atoms with Crippen molar-refractivity contribution in [3.63, 3.8) is 0 Å². The van der Waals surface area contributed by atoms with E-state index in [0.29, 0.717) is 5.56 Å². The van der Waals surface area contributed by atoms with Crippen LogP contribution in [0.3, 0.4) is 0 Å². The smallest absolute Gasteiger partial charge is 0.0998 e. The lowest BCUT2D eigenvalue weighted by Crippen LogP contribution is -1.90. The van der Waals surface area contributed by atoms with Gasteiger partial charge in [0, 0.05) is 5.56 Å². The normalized spacial score (nSPS) is 10.8. The predicted molar refractivity (Wildman–Crippen MR) is 97.5 cm³/mol. The molecule has 4 aromatic carbocycles. The molecule has 2 nitrogen and oxygen atoms in total. The van der Waals surface area contributed by atoms with Gasteiger partial charge >= 0.3 is 0 Å². The van der Waals surface area contributed by atoms with Gasteiger partial charge in [0.2, 0.25) is 0 Å². The summed E-state index contributed by atoms with van der Waals surface area (Å²) in [5, 5.41) is 23.6. The summed E-state index contributed by atoms with van der Waals surface area (Å²) in [5.74, 6) is 0. The molecule has 0 unspecified atom stereocenters. The van der Waals surface area contributed by atoms with Gasteiger partial charge in [0.05, 0.1) is 18.2 Å². The molecule has 0 heterocycles. The number of aliphatic hydroxyl groups excluding tert-OH is 1. The first-order chi connectivity index (χ1) is 11.8. The lowest BCUT2D eigenvalue weighted by molar-refractivity contribution is 0.282. The summed E-state index contributed by atoms with van der Waals surface area (Å²) < 4.78 is 0. The Morgan fingerprint density at radius 1 is 0.750 bits per heavy atom. The lowest BCUT2D eigenvalue weighted by Gasteiger charge is -2.11. The van der Waals surface area contributed by atoms with Gasteiger partial charge in [-0.25, -0.2) is 0 Å². The van der Waals surface area contributed by atoms with Gasteiger partial charge in [0.15, 0.2) is 0 Å². The minimum absolute atomic E-state index is 0.0353. The standard InChI is InChI=1S/C22H15NO/c23-13-19-9-8-15(14-24)10-21(19)20-7-3-6-18-11-16-4-1-2-5-17(16)12-22(18)20/h1-12,24H,14H2. The van der Waals surface area contributed by atoms with E-state index in [9.17, 15) is 10.4 Å². The van der Waals surface area contributed by atoms with Crippen LogP contribution in [-0.4, -0.2) is 5.11 Å². The van der Waals surface area contributed by atoms with Crippen LogP contribution in [-0.2, 0) is 6.61 Å². The summed E-state index contributed by atoms with van der Waals surface area (Å²) in [6, 6.07) is 26.5. The SMILES string of the molecule is N#Cc1ccc(CO)cc1-c1cccc2cc3ccccc3cc12. The number of aliphatic hydroxyl groups is 1. The molecule has 4 aromatic rings. The van der Waals surface area contributed by atoms with Crippen LogP contribution in [0.4, 0.5) is 0 Å². The van der Waals surface area contributed by atoms with Crippen LogP contribution >= 0.6 is 0 Å². The average molecular weight is 309 g/mol. The zero-order valence-corrected chi connectivity index (χ0v) is 13.0. The van der Waals surface area contributed by atoms with Crippen molar-refractivity contribution >= 4 is 21.5 Å². The topological polar surface area (TPSA) is 44.0 Å². The second kappa shape index (κ2) is 5.81. The highest BCUT2D eigenvalue weighted by Crippen LogP contribution is 2.34. The van der Waals surface area contributed by atoms with E-state index in [-0.39, 0.29) is 6.61 Å². The summed E-state index contributed by atoms with van der Waals surface area (Å²) in [4.78, 5) is 0. The van der Waals surface area contributed by atoms with E-state index in [1.165, 1.54) is 10.8 Å². The molecule has 4 rings (SSSR count). The average Bonchev–Trinajstić information content (AvgIpc) is 2.65. The van der Waals surface area contributed by atoms with Crippen LogP contribution in [0.2, 0.25) is 0 Å². The Morgan fingerprint density at radius 2 is 1.50 bits per heavy atom. The van der Waals surface area contributed by atoms with Crippen molar-refractivity contribution in [3.05, 3.63) is 83.9 Å². The quantitative estimate of drug-likeness (QED) is 0.528. The maximum Gasteiger partial charge on any atom is 0.0998 e. The van der Waals surface area contributed by atoms with Gasteiger partial charge in [-0.3, -0.25) is 0 Å². The Morgan fingerprint density at radius 3 is 2.25 bits per heavy atom. The van der Waals surface area contributed by atoms with Crippen LogP contribution < -0.4 is 0 Å². The Labute approximate surface area is 140 Å². The fraction of sp³-hybridized carbons (Fsp3) is 0.0455. The van der Waals surface area contributed by atoms with Crippen molar-refractivity contribution in [3.8, 4) is 17.2 Å². The number of rotatable bonds is 2. The molecule has 0 radical (unpaired) electrons. The first-order valence-corrected chi connectivity index (χ1v) is 7.86. The van der Waals surface area contributed by atoms with E-state index in [1.54, 1.807) is 12.1 Å². The second-order valence-corrected chi connectivity index (χ2v) is 5.88. The highest BCUT2D eigenvalue weighted by atomic mass is 16.3. The summed E-state index contributed by atoms with van der Waals surface area (Å²) in [5.41, 5.74) is 3.31. The number of nitrogens with zero attached hydrogens (tertiary/aromatic N) is 1. The van der Waals surface area contributed by atoms with Gasteiger partial charge in [-0.1, -0.05) is 48.5 Å². The van der Waals surface area contributed by atoms with Crippen molar-refractivity contribution in [1.29, 1.82) is 5.26 Å².